The van der Waals surface area contributed by atoms with E-state index in [0.29, 0.717) is 24.2 Å². The highest BCUT2D eigenvalue weighted by Crippen LogP contribution is 2.19. The number of hydrogen-bond donors (Lipinski definition) is 3. The van der Waals surface area contributed by atoms with Crippen molar-refractivity contribution in [2.45, 2.75) is 0 Å². The molecule has 3 aromatic rings. The molecule has 0 aliphatic heterocycles. The molecule has 0 fully saturated rings. The van der Waals surface area contributed by atoms with Crippen LogP contribution >= 0.6 is 0 Å². The average Bonchev–Trinajstić information content (AvgIpc) is 2.72. The molecule has 3 N–H and O–H groups in total. The minimum absolute atomic E-state index is 0.108. The molecule has 0 heterocycles. The molecule has 0 aliphatic carbocycles. The number of nitrogens with one attached hydrogen (secondary N) is 2. The van der Waals surface area contributed by atoms with E-state index in [9.17, 15) is 14.7 Å². The van der Waals surface area contributed by atoms with Gasteiger partial charge in [0.25, 0.3) is 11.8 Å². The Hall–Kier alpha value is -3.60. The van der Waals surface area contributed by atoms with Crippen LogP contribution in [0, 0.1) is 0 Å². The number of amides is 2. The minimum atomic E-state index is -0.253. The molecule has 27 heavy (non-hydrogen) atoms. The molecule has 0 bridgehead atoms. The van der Waals surface area contributed by atoms with Gasteiger partial charge in [-0.25, -0.2) is 0 Å². The SMILES string of the molecule is O=C(NCCNC(=O)c1ccc(-c2ccccc2)cc1)c1ccc(O)cc1. The zero-order valence-corrected chi connectivity index (χ0v) is 14.7. The molecule has 5 nitrogen and oxygen atoms in total. The fourth-order valence-electron chi connectivity index (χ4n) is 2.61. The number of phenolic OH excluding ortho intramolecular Hbond substituents is 1. The van der Waals surface area contributed by atoms with Crippen molar-refractivity contribution in [1.82, 2.24) is 10.6 Å². The molecule has 0 unspecified atom stereocenters. The highest BCUT2D eigenvalue weighted by Gasteiger charge is 2.07. The molecule has 0 aromatic heterocycles. The van der Waals surface area contributed by atoms with Gasteiger partial charge in [0.2, 0.25) is 0 Å². The van der Waals surface area contributed by atoms with Gasteiger partial charge in [-0.2, -0.15) is 0 Å². The zero-order valence-electron chi connectivity index (χ0n) is 14.7. The van der Waals surface area contributed by atoms with E-state index in [2.05, 4.69) is 10.6 Å². The molecule has 2 amide bonds. The summed E-state index contributed by atoms with van der Waals surface area (Å²) < 4.78 is 0. The van der Waals surface area contributed by atoms with Gasteiger partial charge >= 0.3 is 0 Å². The molecule has 0 radical (unpaired) electrons. The van der Waals surface area contributed by atoms with Crippen LogP contribution in [0.15, 0.2) is 78.9 Å². The van der Waals surface area contributed by atoms with Crippen molar-refractivity contribution in [2.75, 3.05) is 13.1 Å². The Morgan fingerprint density at radius 1 is 0.630 bits per heavy atom. The van der Waals surface area contributed by atoms with Crippen LogP contribution in [0.25, 0.3) is 11.1 Å². The minimum Gasteiger partial charge on any atom is -0.508 e. The molecular formula is C22H20N2O3. The van der Waals surface area contributed by atoms with E-state index >= 15 is 0 Å². The van der Waals surface area contributed by atoms with E-state index in [4.69, 9.17) is 0 Å². The second-order valence-electron chi connectivity index (χ2n) is 6.00. The Morgan fingerprint density at radius 3 is 1.59 bits per heavy atom. The van der Waals surface area contributed by atoms with Crippen LogP contribution in [-0.4, -0.2) is 30.0 Å². The number of rotatable bonds is 6. The Balaban J connectivity index is 1.46. The summed E-state index contributed by atoms with van der Waals surface area (Å²) in [6, 6.07) is 23.3. The monoisotopic (exact) mass is 360 g/mol. The van der Waals surface area contributed by atoms with Gasteiger partial charge in [-0.3, -0.25) is 9.59 Å². The maximum Gasteiger partial charge on any atom is 0.251 e. The third kappa shape index (κ3) is 4.95. The van der Waals surface area contributed by atoms with Crippen LogP contribution in [0.4, 0.5) is 0 Å². The third-order valence-electron chi connectivity index (χ3n) is 4.08. The van der Waals surface area contributed by atoms with E-state index in [1.807, 2.05) is 42.5 Å². The van der Waals surface area contributed by atoms with Crippen LogP contribution < -0.4 is 10.6 Å². The maximum absolute atomic E-state index is 12.2. The average molecular weight is 360 g/mol. The molecule has 0 aliphatic rings. The quantitative estimate of drug-likeness (QED) is 0.591. The van der Waals surface area contributed by atoms with E-state index in [0.717, 1.165) is 11.1 Å². The van der Waals surface area contributed by atoms with Crippen LogP contribution in [0.5, 0.6) is 5.75 Å². The summed E-state index contributed by atoms with van der Waals surface area (Å²) >= 11 is 0. The lowest BCUT2D eigenvalue weighted by molar-refractivity contribution is 0.0927. The second kappa shape index (κ2) is 8.67. The van der Waals surface area contributed by atoms with E-state index in [1.165, 1.54) is 24.3 Å². The third-order valence-corrected chi connectivity index (χ3v) is 4.08. The van der Waals surface area contributed by atoms with E-state index in [1.54, 1.807) is 12.1 Å². The van der Waals surface area contributed by atoms with Crippen molar-refractivity contribution in [1.29, 1.82) is 0 Å². The lowest BCUT2D eigenvalue weighted by atomic mass is 10.0. The lowest BCUT2D eigenvalue weighted by Crippen LogP contribution is -2.34. The van der Waals surface area contributed by atoms with Crippen molar-refractivity contribution in [2.24, 2.45) is 0 Å². The van der Waals surface area contributed by atoms with Gasteiger partial charge in [0.1, 0.15) is 5.75 Å². The normalized spacial score (nSPS) is 10.2. The molecule has 3 rings (SSSR count). The molecule has 3 aromatic carbocycles. The van der Waals surface area contributed by atoms with Gasteiger partial charge in [-0.1, -0.05) is 42.5 Å². The molecule has 136 valence electrons. The molecule has 0 atom stereocenters. The van der Waals surface area contributed by atoms with Crippen molar-refractivity contribution in [3.63, 3.8) is 0 Å². The van der Waals surface area contributed by atoms with Crippen LogP contribution in [-0.2, 0) is 0 Å². The van der Waals surface area contributed by atoms with Gasteiger partial charge in [-0.05, 0) is 47.5 Å². The number of benzene rings is 3. The number of carbonyl (C=O) groups excluding carboxylic acids is 2. The predicted molar refractivity (Wildman–Crippen MR) is 105 cm³/mol. The zero-order chi connectivity index (χ0) is 19.1. The summed E-state index contributed by atoms with van der Waals surface area (Å²) in [7, 11) is 0. The van der Waals surface area contributed by atoms with Crippen molar-refractivity contribution >= 4 is 11.8 Å². The van der Waals surface area contributed by atoms with Crippen LogP contribution in [0.1, 0.15) is 20.7 Å². The highest BCUT2D eigenvalue weighted by molar-refractivity contribution is 5.95. The van der Waals surface area contributed by atoms with Gasteiger partial charge in [0.05, 0.1) is 0 Å². The Morgan fingerprint density at radius 2 is 1.07 bits per heavy atom. The second-order valence-corrected chi connectivity index (χ2v) is 6.00. The molecule has 0 saturated carbocycles. The lowest BCUT2D eigenvalue weighted by Gasteiger charge is -2.08. The van der Waals surface area contributed by atoms with Crippen molar-refractivity contribution in [3.05, 3.63) is 90.0 Å². The molecule has 0 spiro atoms. The fourth-order valence-corrected chi connectivity index (χ4v) is 2.61. The largest absolute Gasteiger partial charge is 0.508 e. The number of carbonyl (C=O) groups is 2. The first-order chi connectivity index (χ1) is 13.1. The topological polar surface area (TPSA) is 78.4 Å². The Bertz CT molecular complexity index is 905. The summed E-state index contributed by atoms with van der Waals surface area (Å²) in [4.78, 5) is 24.1. The van der Waals surface area contributed by atoms with Gasteiger partial charge in [0, 0.05) is 24.2 Å². The van der Waals surface area contributed by atoms with Gasteiger partial charge in [0.15, 0.2) is 0 Å². The summed E-state index contributed by atoms with van der Waals surface area (Å²) in [5, 5.41) is 14.7. The van der Waals surface area contributed by atoms with Crippen LogP contribution in [0.2, 0.25) is 0 Å². The highest BCUT2D eigenvalue weighted by atomic mass is 16.3. The smallest absolute Gasteiger partial charge is 0.251 e. The molecule has 0 saturated heterocycles. The summed E-state index contributed by atoms with van der Waals surface area (Å²) in [5.41, 5.74) is 3.17. The standard InChI is InChI=1S/C22H20N2O3/c25-20-12-10-19(11-13-20)22(27)24-15-14-23-21(26)18-8-6-17(7-9-18)16-4-2-1-3-5-16/h1-13,25H,14-15H2,(H,23,26)(H,24,27). The number of aromatic hydroxyl groups is 1. The first-order valence-corrected chi connectivity index (χ1v) is 8.64. The number of phenols is 1. The number of hydrogen-bond acceptors (Lipinski definition) is 3. The van der Waals surface area contributed by atoms with Gasteiger partial charge in [-0.15, -0.1) is 0 Å². The molecular weight excluding hydrogens is 340 g/mol. The molecule has 5 heteroatoms. The van der Waals surface area contributed by atoms with E-state index < -0.39 is 0 Å². The fraction of sp³-hybridized carbons (Fsp3) is 0.0909. The first-order valence-electron chi connectivity index (χ1n) is 8.64. The predicted octanol–water partition coefficient (Wildman–Crippen LogP) is 3.22. The maximum atomic E-state index is 12.2. The van der Waals surface area contributed by atoms with Crippen molar-refractivity contribution in [3.8, 4) is 16.9 Å². The first kappa shape index (κ1) is 18.2. The summed E-state index contributed by atoms with van der Waals surface area (Å²) in [6.45, 7) is 0.636. The Kier molecular flexibility index (Phi) is 5.84. The van der Waals surface area contributed by atoms with Gasteiger partial charge < -0.3 is 15.7 Å². The van der Waals surface area contributed by atoms with Crippen LogP contribution in [0.3, 0.4) is 0 Å². The summed E-state index contributed by atoms with van der Waals surface area (Å²) in [5.74, 6) is -0.331. The summed E-state index contributed by atoms with van der Waals surface area (Å²) in [6.07, 6.45) is 0. The van der Waals surface area contributed by atoms with Crippen molar-refractivity contribution < 1.29 is 14.7 Å². The Labute approximate surface area is 157 Å². The van der Waals surface area contributed by atoms with E-state index in [-0.39, 0.29) is 17.6 Å².